The second-order valence-electron chi connectivity index (χ2n) is 14.0. The van der Waals surface area contributed by atoms with Gasteiger partial charge >= 0.3 is 0 Å². The largest absolute Gasteiger partial charge is 0.446 e. The summed E-state index contributed by atoms with van der Waals surface area (Å²) in [5.41, 5.74) is 1.03. The molecule has 48 heavy (non-hydrogen) atoms. The van der Waals surface area contributed by atoms with Gasteiger partial charge < -0.3 is 35.9 Å². The predicted molar refractivity (Wildman–Crippen MR) is 175 cm³/mol. The van der Waals surface area contributed by atoms with Crippen LogP contribution in [0.4, 0.5) is 0 Å². The van der Waals surface area contributed by atoms with E-state index in [1.165, 1.54) is 6.26 Å². The zero-order chi connectivity index (χ0) is 33.8. The summed E-state index contributed by atoms with van der Waals surface area (Å²) in [5, 5.41) is 15.2. The second kappa shape index (κ2) is 14.9. The van der Waals surface area contributed by atoms with E-state index in [1.807, 2.05) is 49.1 Å². The van der Waals surface area contributed by atoms with Gasteiger partial charge in [-0.25, -0.2) is 4.98 Å². The summed E-state index contributed by atoms with van der Waals surface area (Å²) in [4.78, 5) is 74.3. The van der Waals surface area contributed by atoms with Gasteiger partial charge in [0, 0.05) is 37.9 Å². The quantitative estimate of drug-likeness (QED) is 0.321. The average molecular weight is 662 g/mol. The molecule has 2 aromatic rings. The molecule has 3 fully saturated rings. The van der Waals surface area contributed by atoms with Crippen LogP contribution in [0, 0.1) is 17.8 Å². The van der Waals surface area contributed by atoms with E-state index in [9.17, 15) is 24.0 Å². The Kier molecular flexibility index (Phi) is 10.4. The van der Waals surface area contributed by atoms with Gasteiger partial charge in [0.1, 0.15) is 30.4 Å². The summed E-state index contributed by atoms with van der Waals surface area (Å²) in [6.07, 6.45) is 5.96. The minimum absolute atomic E-state index is 0.000416. The lowest BCUT2D eigenvalue weighted by molar-refractivity contribution is -0.157. The first kappa shape index (κ1) is 33.6. The predicted octanol–water partition coefficient (Wildman–Crippen LogP) is 1.60. The zero-order valence-corrected chi connectivity index (χ0v) is 27.7. The third-order valence-electron chi connectivity index (χ3n) is 10.3. The Morgan fingerprint density at radius 3 is 2.58 bits per heavy atom. The normalized spacial score (nSPS) is 30.1. The number of benzene rings is 1. The number of piperidine rings is 3. The molecule has 6 rings (SSSR count). The lowest BCUT2D eigenvalue weighted by Gasteiger charge is -2.54. The molecule has 1 aromatic carbocycles. The van der Waals surface area contributed by atoms with Crippen LogP contribution in [0.15, 0.2) is 41.0 Å². The van der Waals surface area contributed by atoms with Gasteiger partial charge in [0.2, 0.25) is 29.5 Å². The Bertz CT molecular complexity index is 1500. The third-order valence-corrected chi connectivity index (χ3v) is 10.3. The molecule has 5 heterocycles. The summed E-state index contributed by atoms with van der Waals surface area (Å²) >= 11 is 0. The topological polar surface area (TPSA) is 175 Å². The molecule has 3 saturated heterocycles. The molecule has 0 saturated carbocycles. The first-order valence-electron chi connectivity index (χ1n) is 17.4. The van der Waals surface area contributed by atoms with Gasteiger partial charge in [-0.2, -0.15) is 0 Å². The van der Waals surface area contributed by atoms with Crippen molar-refractivity contribution in [2.75, 3.05) is 19.6 Å². The first-order chi connectivity index (χ1) is 23.2. The molecule has 4 aliphatic rings. The fourth-order valence-corrected chi connectivity index (χ4v) is 7.79. The van der Waals surface area contributed by atoms with Crippen molar-refractivity contribution in [3.05, 3.63) is 53.7 Å². The van der Waals surface area contributed by atoms with Crippen LogP contribution < -0.4 is 26.6 Å². The number of nitrogens with one attached hydrogen (secondary N) is 5. The Labute approximate surface area is 280 Å². The second-order valence-corrected chi connectivity index (χ2v) is 14.0. The van der Waals surface area contributed by atoms with Gasteiger partial charge in [-0.15, -0.1) is 0 Å². The molecule has 0 unspecified atom stereocenters. The van der Waals surface area contributed by atoms with E-state index in [0.29, 0.717) is 51.1 Å². The van der Waals surface area contributed by atoms with Crippen LogP contribution in [0.5, 0.6) is 0 Å². The van der Waals surface area contributed by atoms with Crippen LogP contribution in [0.1, 0.15) is 86.8 Å². The van der Waals surface area contributed by atoms with E-state index in [-0.39, 0.29) is 41.3 Å². The zero-order valence-electron chi connectivity index (χ0n) is 27.7. The van der Waals surface area contributed by atoms with E-state index in [1.54, 1.807) is 0 Å². The number of carbonyl (C=O) groups excluding carboxylic acids is 5. The van der Waals surface area contributed by atoms with Crippen LogP contribution in [0.3, 0.4) is 0 Å². The number of rotatable bonds is 5. The summed E-state index contributed by atoms with van der Waals surface area (Å²) < 4.78 is 5.70. The number of carbonyl (C=O) groups is 5. The van der Waals surface area contributed by atoms with Crippen LogP contribution in [-0.2, 0) is 25.6 Å². The maximum Gasteiger partial charge on any atom is 0.273 e. The average Bonchev–Trinajstić information content (AvgIpc) is 3.57. The highest BCUT2D eigenvalue weighted by atomic mass is 16.3. The molecule has 4 bridgehead atoms. The molecule has 1 aromatic heterocycles. The Morgan fingerprint density at radius 1 is 1.00 bits per heavy atom. The fraction of sp³-hybridized carbons (Fsp3) is 0.600. The molecule has 5 N–H and O–H groups in total. The van der Waals surface area contributed by atoms with E-state index in [4.69, 9.17) is 4.42 Å². The summed E-state index contributed by atoms with van der Waals surface area (Å²) in [6.45, 7) is 5.48. The fourth-order valence-electron chi connectivity index (χ4n) is 7.79. The van der Waals surface area contributed by atoms with E-state index in [2.05, 4.69) is 31.6 Å². The van der Waals surface area contributed by atoms with Crippen molar-refractivity contribution in [1.82, 2.24) is 36.5 Å². The van der Waals surface area contributed by atoms with Crippen molar-refractivity contribution in [3.8, 4) is 0 Å². The van der Waals surface area contributed by atoms with Crippen LogP contribution in [0.2, 0.25) is 0 Å². The van der Waals surface area contributed by atoms with Crippen LogP contribution in [0.25, 0.3) is 0 Å². The SMILES string of the molecule is CC(C)[C@@H]1NC(=O)[C@@H](NC(=O)[C@H]2[C@@H]3CNC[C@@H](C3)[C@@H]3CCCC(=O)N32)CCCCNC(=O)c2coc(n2)[C@@H](Cc2ccccc2)NC1=O. The number of oxazole rings is 1. The van der Waals surface area contributed by atoms with Crippen molar-refractivity contribution >= 4 is 29.5 Å². The Hall–Kier alpha value is -4.26. The third kappa shape index (κ3) is 7.40. The lowest BCUT2D eigenvalue weighted by atomic mass is 9.72. The molecular formula is C35H47N7O6. The number of hydrogen-bond donors (Lipinski definition) is 5. The highest BCUT2D eigenvalue weighted by Gasteiger charge is 2.51. The summed E-state index contributed by atoms with van der Waals surface area (Å²) in [6, 6.07) is 6.31. The number of aromatic nitrogens is 1. The molecular weight excluding hydrogens is 614 g/mol. The van der Waals surface area contributed by atoms with Crippen LogP contribution >= 0.6 is 0 Å². The minimum Gasteiger partial charge on any atom is -0.446 e. The maximum atomic E-state index is 14.1. The number of fused-ring (bicyclic) bond motifs is 6. The lowest BCUT2D eigenvalue weighted by Crippen LogP contribution is -2.69. The Balaban J connectivity index is 1.24. The molecule has 0 spiro atoms. The smallest absolute Gasteiger partial charge is 0.273 e. The molecule has 5 amide bonds. The van der Waals surface area contributed by atoms with Gasteiger partial charge in [0.25, 0.3) is 5.91 Å². The summed E-state index contributed by atoms with van der Waals surface area (Å²) in [7, 11) is 0. The molecule has 258 valence electrons. The maximum absolute atomic E-state index is 14.1. The first-order valence-corrected chi connectivity index (χ1v) is 17.4. The molecule has 4 aliphatic heterocycles. The Morgan fingerprint density at radius 2 is 1.79 bits per heavy atom. The van der Waals surface area contributed by atoms with E-state index in [0.717, 1.165) is 31.4 Å². The van der Waals surface area contributed by atoms with Gasteiger partial charge in [-0.1, -0.05) is 44.2 Å². The van der Waals surface area contributed by atoms with Crippen molar-refractivity contribution < 1.29 is 28.4 Å². The molecule has 0 radical (unpaired) electrons. The highest BCUT2D eigenvalue weighted by molar-refractivity contribution is 5.95. The highest BCUT2D eigenvalue weighted by Crippen LogP contribution is 2.39. The monoisotopic (exact) mass is 661 g/mol. The molecule has 13 heteroatoms. The number of amides is 5. The molecule has 7 atom stereocenters. The summed E-state index contributed by atoms with van der Waals surface area (Å²) in [5.74, 6) is -1.48. The number of hydrogen-bond acceptors (Lipinski definition) is 8. The molecule has 0 aliphatic carbocycles. The molecule has 13 nitrogen and oxygen atoms in total. The standard InChI is InChI=1S/C35H47N7O6/c1-20(2)29-33(46)39-25(15-21-9-4-3-5-10-21)35-40-26(19-48-35)31(44)37-14-7-6-11-24(32(45)41-29)38-34(47)30-23-16-22(17-36-18-23)27-12-8-13-28(43)42(27)30/h3-5,9-10,19-20,22-25,27,29-30,36H,6-8,11-18H2,1-2H3,(H,37,44)(H,38,47)(H,39,46)(H,41,45)/t22-,23+,24+,25-,27+,29+,30-/m1/s1. The minimum atomic E-state index is -0.936. The van der Waals surface area contributed by atoms with E-state index < -0.39 is 41.9 Å². The van der Waals surface area contributed by atoms with E-state index >= 15 is 0 Å². The van der Waals surface area contributed by atoms with Gasteiger partial charge in [-0.05, 0) is 62.5 Å². The van der Waals surface area contributed by atoms with Gasteiger partial charge in [0.05, 0.1) is 0 Å². The van der Waals surface area contributed by atoms with Crippen molar-refractivity contribution in [1.29, 1.82) is 0 Å². The van der Waals surface area contributed by atoms with Gasteiger partial charge in [-0.3, -0.25) is 24.0 Å². The van der Waals surface area contributed by atoms with Crippen molar-refractivity contribution in [3.63, 3.8) is 0 Å². The van der Waals surface area contributed by atoms with Gasteiger partial charge in [0.15, 0.2) is 5.69 Å². The van der Waals surface area contributed by atoms with Crippen molar-refractivity contribution in [2.24, 2.45) is 17.8 Å². The number of nitrogens with zero attached hydrogens (tertiary/aromatic N) is 2. The van der Waals surface area contributed by atoms with Crippen molar-refractivity contribution in [2.45, 2.75) is 95.4 Å². The van der Waals surface area contributed by atoms with Crippen LogP contribution in [-0.4, -0.2) is 83.2 Å².